The van der Waals surface area contributed by atoms with Gasteiger partial charge in [0, 0.05) is 48.0 Å². The van der Waals surface area contributed by atoms with Gasteiger partial charge in [-0.15, -0.1) is 0 Å². The summed E-state index contributed by atoms with van der Waals surface area (Å²) in [6.45, 7) is 0.968. The van der Waals surface area contributed by atoms with Gasteiger partial charge >= 0.3 is 0 Å². The Morgan fingerprint density at radius 3 is 2.50 bits per heavy atom. The number of amides is 1. The Morgan fingerprint density at radius 1 is 1.00 bits per heavy atom. The van der Waals surface area contributed by atoms with Crippen LogP contribution >= 0.6 is 0 Å². The van der Waals surface area contributed by atoms with Crippen LogP contribution in [0.5, 0.6) is 5.75 Å². The van der Waals surface area contributed by atoms with E-state index in [1.54, 1.807) is 44.0 Å². The molecule has 0 fully saturated rings. The van der Waals surface area contributed by atoms with Gasteiger partial charge in [-0.3, -0.25) is 19.4 Å². The Balaban J connectivity index is 1.56. The van der Waals surface area contributed by atoms with Crippen LogP contribution < -0.4 is 10.1 Å². The maximum Gasteiger partial charge on any atom is 0.251 e. The lowest BCUT2D eigenvalue weighted by molar-refractivity contribution is 0.0952. The number of methoxy groups -OCH3 is 1. The van der Waals surface area contributed by atoms with Crippen LogP contribution in [0.1, 0.15) is 10.4 Å². The smallest absolute Gasteiger partial charge is 0.251 e. The van der Waals surface area contributed by atoms with Crippen molar-refractivity contribution < 1.29 is 9.53 Å². The summed E-state index contributed by atoms with van der Waals surface area (Å²) in [5.41, 5.74) is 4.31. The van der Waals surface area contributed by atoms with E-state index in [1.807, 2.05) is 47.1 Å². The minimum Gasteiger partial charge on any atom is -0.497 e. The summed E-state index contributed by atoms with van der Waals surface area (Å²) in [7, 11) is 1.64. The van der Waals surface area contributed by atoms with E-state index in [0.29, 0.717) is 18.7 Å². The van der Waals surface area contributed by atoms with Gasteiger partial charge in [0.2, 0.25) is 0 Å². The van der Waals surface area contributed by atoms with Gasteiger partial charge in [-0.25, -0.2) is 0 Å². The first-order valence-corrected chi connectivity index (χ1v) is 9.55. The second kappa shape index (κ2) is 9.00. The summed E-state index contributed by atoms with van der Waals surface area (Å²) in [4.78, 5) is 20.4. The highest BCUT2D eigenvalue weighted by molar-refractivity contribution is 5.93. The Bertz CT molecular complexity index is 1110. The predicted octanol–water partition coefficient (Wildman–Crippen LogP) is 3.45. The topological polar surface area (TPSA) is 81.9 Å². The average molecular weight is 399 g/mol. The Kier molecular flexibility index (Phi) is 5.80. The van der Waals surface area contributed by atoms with Crippen LogP contribution in [0.3, 0.4) is 0 Å². The average Bonchev–Trinajstić information content (AvgIpc) is 3.24. The van der Waals surface area contributed by atoms with Gasteiger partial charge in [0.25, 0.3) is 5.91 Å². The second-order valence-corrected chi connectivity index (χ2v) is 6.60. The normalized spacial score (nSPS) is 10.6. The molecule has 3 heterocycles. The van der Waals surface area contributed by atoms with E-state index in [9.17, 15) is 4.79 Å². The summed E-state index contributed by atoms with van der Waals surface area (Å²) in [6, 6.07) is 17.1. The first-order chi connectivity index (χ1) is 14.7. The number of hydrogen-bond acceptors (Lipinski definition) is 5. The van der Waals surface area contributed by atoms with Gasteiger partial charge in [-0.05, 0) is 54.6 Å². The molecule has 4 aromatic rings. The molecule has 0 aliphatic heterocycles. The van der Waals surface area contributed by atoms with E-state index in [4.69, 9.17) is 9.84 Å². The summed E-state index contributed by atoms with van der Waals surface area (Å²) in [5.74, 6) is 0.660. The van der Waals surface area contributed by atoms with Crippen LogP contribution in [0, 0.1) is 0 Å². The van der Waals surface area contributed by atoms with Gasteiger partial charge in [-0.2, -0.15) is 5.10 Å². The van der Waals surface area contributed by atoms with Crippen molar-refractivity contribution in [1.82, 2.24) is 25.1 Å². The standard InChI is InChI=1S/C23H21N5O2/c1-30-20-6-4-17(5-7-20)21-15-22(19-3-2-10-25-16-19)28(27-21)14-13-26-23(29)18-8-11-24-12-9-18/h2-12,15-16H,13-14H2,1H3,(H,26,29). The minimum atomic E-state index is -0.136. The molecule has 0 spiro atoms. The molecule has 3 aromatic heterocycles. The Morgan fingerprint density at radius 2 is 1.80 bits per heavy atom. The van der Waals surface area contributed by atoms with Crippen molar-refractivity contribution in [3.63, 3.8) is 0 Å². The van der Waals surface area contributed by atoms with Crippen LogP contribution in [0.4, 0.5) is 0 Å². The lowest BCUT2D eigenvalue weighted by atomic mass is 10.1. The molecular formula is C23H21N5O2. The first-order valence-electron chi connectivity index (χ1n) is 9.55. The van der Waals surface area contributed by atoms with Crippen molar-refractivity contribution in [3.05, 3.63) is 84.9 Å². The van der Waals surface area contributed by atoms with Gasteiger partial charge in [0.1, 0.15) is 5.75 Å². The van der Waals surface area contributed by atoms with Crippen LogP contribution in [0.2, 0.25) is 0 Å². The van der Waals surface area contributed by atoms with Crippen molar-refractivity contribution in [2.45, 2.75) is 6.54 Å². The highest BCUT2D eigenvalue weighted by atomic mass is 16.5. The zero-order chi connectivity index (χ0) is 20.8. The zero-order valence-corrected chi connectivity index (χ0v) is 16.5. The van der Waals surface area contributed by atoms with Crippen LogP contribution in [-0.4, -0.2) is 39.3 Å². The van der Waals surface area contributed by atoms with Gasteiger partial charge in [-0.1, -0.05) is 0 Å². The molecule has 0 unspecified atom stereocenters. The number of nitrogens with zero attached hydrogens (tertiary/aromatic N) is 4. The maximum absolute atomic E-state index is 12.3. The molecule has 0 atom stereocenters. The van der Waals surface area contributed by atoms with E-state index in [1.165, 1.54) is 0 Å². The largest absolute Gasteiger partial charge is 0.497 e. The number of ether oxygens (including phenoxy) is 1. The van der Waals surface area contributed by atoms with Crippen molar-refractivity contribution in [2.24, 2.45) is 0 Å². The molecule has 30 heavy (non-hydrogen) atoms. The number of carbonyl (C=O) groups excluding carboxylic acids is 1. The zero-order valence-electron chi connectivity index (χ0n) is 16.5. The monoisotopic (exact) mass is 399 g/mol. The number of aromatic nitrogens is 4. The van der Waals surface area contributed by atoms with Gasteiger partial charge in [0.05, 0.1) is 25.0 Å². The summed E-state index contributed by atoms with van der Waals surface area (Å²) >= 11 is 0. The van der Waals surface area contributed by atoms with Gasteiger partial charge < -0.3 is 10.1 Å². The number of pyridine rings is 2. The minimum absolute atomic E-state index is 0.136. The van der Waals surface area contributed by atoms with Crippen molar-refractivity contribution in [3.8, 4) is 28.3 Å². The van der Waals surface area contributed by atoms with E-state index in [2.05, 4.69) is 15.3 Å². The molecule has 1 aromatic carbocycles. The molecule has 0 bridgehead atoms. The number of carbonyl (C=O) groups is 1. The van der Waals surface area contributed by atoms with Crippen molar-refractivity contribution >= 4 is 5.91 Å². The van der Waals surface area contributed by atoms with Crippen LogP contribution in [0.15, 0.2) is 79.4 Å². The Hall–Kier alpha value is -4.00. The molecular weight excluding hydrogens is 378 g/mol. The molecule has 7 nitrogen and oxygen atoms in total. The number of hydrogen-bond donors (Lipinski definition) is 1. The number of nitrogens with one attached hydrogen (secondary N) is 1. The summed E-state index contributed by atoms with van der Waals surface area (Å²) in [5, 5.41) is 7.70. The van der Waals surface area contributed by atoms with E-state index < -0.39 is 0 Å². The number of rotatable bonds is 7. The first kappa shape index (κ1) is 19.3. The van der Waals surface area contributed by atoms with Gasteiger partial charge in [0.15, 0.2) is 0 Å². The van der Waals surface area contributed by atoms with Crippen LogP contribution in [0.25, 0.3) is 22.5 Å². The second-order valence-electron chi connectivity index (χ2n) is 6.60. The van der Waals surface area contributed by atoms with E-state index >= 15 is 0 Å². The molecule has 0 aliphatic rings. The third kappa shape index (κ3) is 4.35. The lowest BCUT2D eigenvalue weighted by Crippen LogP contribution is -2.27. The molecule has 150 valence electrons. The van der Waals surface area contributed by atoms with E-state index in [-0.39, 0.29) is 5.91 Å². The third-order valence-electron chi connectivity index (χ3n) is 4.67. The molecule has 4 rings (SSSR count). The van der Waals surface area contributed by atoms with E-state index in [0.717, 1.165) is 28.3 Å². The molecule has 0 saturated carbocycles. The molecule has 0 aliphatic carbocycles. The highest BCUT2D eigenvalue weighted by Gasteiger charge is 2.12. The fourth-order valence-corrected chi connectivity index (χ4v) is 3.12. The SMILES string of the molecule is COc1ccc(-c2cc(-c3cccnc3)n(CCNC(=O)c3ccncc3)n2)cc1. The van der Waals surface area contributed by atoms with Crippen LogP contribution in [-0.2, 0) is 6.54 Å². The lowest BCUT2D eigenvalue weighted by Gasteiger charge is -2.09. The fourth-order valence-electron chi connectivity index (χ4n) is 3.12. The maximum atomic E-state index is 12.3. The fraction of sp³-hybridized carbons (Fsp3) is 0.130. The van der Waals surface area contributed by atoms with Crippen molar-refractivity contribution in [2.75, 3.05) is 13.7 Å². The third-order valence-corrected chi connectivity index (χ3v) is 4.67. The van der Waals surface area contributed by atoms with Crippen molar-refractivity contribution in [1.29, 1.82) is 0 Å². The molecule has 1 amide bonds. The highest BCUT2D eigenvalue weighted by Crippen LogP contribution is 2.27. The number of benzene rings is 1. The summed E-state index contributed by atoms with van der Waals surface area (Å²) < 4.78 is 7.13. The molecule has 1 N–H and O–H groups in total. The molecule has 7 heteroatoms. The summed E-state index contributed by atoms with van der Waals surface area (Å²) in [6.07, 6.45) is 6.75. The molecule has 0 saturated heterocycles. The predicted molar refractivity (Wildman–Crippen MR) is 114 cm³/mol. The molecule has 0 radical (unpaired) electrons. The quantitative estimate of drug-likeness (QED) is 0.515. The Labute approximate surface area is 174 Å².